The molecule has 0 aliphatic heterocycles. The second kappa shape index (κ2) is 8.45. The number of benzene rings is 2. The Bertz CT molecular complexity index is 655. The molecule has 122 valence electrons. The molecule has 0 heterocycles. The summed E-state index contributed by atoms with van der Waals surface area (Å²) in [6, 6.07) is 12.1. The molecule has 0 fully saturated rings. The number of carbonyl (C=O) groups is 1. The number of aromatic carboxylic acids is 1. The van der Waals surface area contributed by atoms with Crippen LogP contribution in [-0.4, -0.2) is 30.7 Å². The van der Waals surface area contributed by atoms with E-state index >= 15 is 0 Å². The molecule has 0 aromatic heterocycles. The number of carboxylic acids is 1. The molecule has 0 saturated heterocycles. The van der Waals surface area contributed by atoms with Crippen LogP contribution >= 0.6 is 11.8 Å². The minimum absolute atomic E-state index is 0.0332. The maximum atomic E-state index is 11.2. The molecule has 6 heteroatoms. The van der Waals surface area contributed by atoms with Crippen LogP contribution in [0.3, 0.4) is 0 Å². The zero-order valence-electron chi connectivity index (χ0n) is 12.9. The van der Waals surface area contributed by atoms with Crippen LogP contribution in [0.15, 0.2) is 47.4 Å². The second-order valence-electron chi connectivity index (χ2n) is 4.56. The Labute approximate surface area is 139 Å². The van der Waals surface area contributed by atoms with Gasteiger partial charge < -0.3 is 19.3 Å². The Morgan fingerprint density at radius 2 is 1.78 bits per heavy atom. The highest BCUT2D eigenvalue weighted by Crippen LogP contribution is 2.29. The molecule has 23 heavy (non-hydrogen) atoms. The van der Waals surface area contributed by atoms with Gasteiger partial charge in [-0.3, -0.25) is 0 Å². The molecule has 0 atom stereocenters. The Morgan fingerprint density at radius 3 is 2.39 bits per heavy atom. The first-order valence-corrected chi connectivity index (χ1v) is 8.01. The van der Waals surface area contributed by atoms with Crippen molar-refractivity contribution in [2.24, 2.45) is 0 Å². The Morgan fingerprint density at radius 1 is 1.09 bits per heavy atom. The lowest BCUT2D eigenvalue weighted by atomic mass is 10.2. The van der Waals surface area contributed by atoms with Gasteiger partial charge in [-0.2, -0.15) is 0 Å². The summed E-state index contributed by atoms with van der Waals surface area (Å²) in [5.41, 5.74) is 0.0896. The molecule has 0 amide bonds. The molecule has 0 aliphatic carbocycles. The highest BCUT2D eigenvalue weighted by molar-refractivity contribution is 7.99. The number of hydrogen-bond donors (Lipinski definition) is 1. The van der Waals surface area contributed by atoms with Crippen molar-refractivity contribution >= 4 is 17.7 Å². The lowest BCUT2D eigenvalue weighted by Gasteiger charge is -2.11. The molecule has 0 unspecified atom stereocenters. The van der Waals surface area contributed by atoms with E-state index in [1.165, 1.54) is 19.2 Å². The standard InChI is InChI=1S/C17H18O5S/c1-3-23-16-6-4-13(5-7-16)22-15-9-12(17(18)19)8-14(10-15)21-11-20-2/h4-10H,3,11H2,1-2H3,(H,18,19). The summed E-state index contributed by atoms with van der Waals surface area (Å²) in [4.78, 5) is 12.4. The number of thioether (sulfide) groups is 1. The highest BCUT2D eigenvalue weighted by atomic mass is 32.2. The van der Waals surface area contributed by atoms with Gasteiger partial charge in [0.05, 0.1) is 5.56 Å². The van der Waals surface area contributed by atoms with E-state index in [1.54, 1.807) is 17.8 Å². The molecule has 1 N–H and O–H groups in total. The predicted molar refractivity (Wildman–Crippen MR) is 88.8 cm³/mol. The van der Waals surface area contributed by atoms with Crippen LogP contribution in [-0.2, 0) is 4.74 Å². The average molecular weight is 334 g/mol. The van der Waals surface area contributed by atoms with E-state index < -0.39 is 5.97 Å². The smallest absolute Gasteiger partial charge is 0.335 e. The Hall–Kier alpha value is -2.18. The van der Waals surface area contributed by atoms with Gasteiger partial charge in [0, 0.05) is 18.1 Å². The lowest BCUT2D eigenvalue weighted by molar-refractivity contribution is 0.0506. The number of hydrogen-bond acceptors (Lipinski definition) is 5. The second-order valence-corrected chi connectivity index (χ2v) is 5.89. The molecular formula is C17H18O5S. The van der Waals surface area contributed by atoms with Gasteiger partial charge in [-0.25, -0.2) is 4.79 Å². The third-order valence-corrected chi connectivity index (χ3v) is 3.74. The first kappa shape index (κ1) is 17.2. The molecule has 2 aromatic carbocycles. The van der Waals surface area contributed by atoms with Crippen molar-refractivity contribution in [3.63, 3.8) is 0 Å². The van der Waals surface area contributed by atoms with Crippen molar-refractivity contribution in [3.05, 3.63) is 48.0 Å². The van der Waals surface area contributed by atoms with Crippen LogP contribution in [0.5, 0.6) is 17.2 Å². The third-order valence-electron chi connectivity index (χ3n) is 2.84. The van der Waals surface area contributed by atoms with Crippen molar-refractivity contribution < 1.29 is 24.1 Å². The van der Waals surface area contributed by atoms with Crippen molar-refractivity contribution in [1.29, 1.82) is 0 Å². The first-order chi connectivity index (χ1) is 11.1. The van der Waals surface area contributed by atoms with Gasteiger partial charge in [-0.1, -0.05) is 6.92 Å². The van der Waals surface area contributed by atoms with E-state index in [0.29, 0.717) is 17.2 Å². The molecule has 0 bridgehead atoms. The molecule has 0 saturated carbocycles. The quantitative estimate of drug-likeness (QED) is 0.574. The van der Waals surface area contributed by atoms with Gasteiger partial charge in [0.1, 0.15) is 17.2 Å². The summed E-state index contributed by atoms with van der Waals surface area (Å²) < 4.78 is 15.9. The summed E-state index contributed by atoms with van der Waals surface area (Å²) in [5, 5.41) is 9.18. The normalized spacial score (nSPS) is 10.3. The maximum absolute atomic E-state index is 11.2. The SMILES string of the molecule is CCSc1ccc(Oc2cc(OCOC)cc(C(=O)O)c2)cc1. The van der Waals surface area contributed by atoms with Gasteiger partial charge in [-0.05, 0) is 42.2 Å². The van der Waals surface area contributed by atoms with Gasteiger partial charge >= 0.3 is 5.97 Å². The van der Waals surface area contributed by atoms with E-state index in [1.807, 2.05) is 24.3 Å². The fourth-order valence-electron chi connectivity index (χ4n) is 1.87. The monoisotopic (exact) mass is 334 g/mol. The largest absolute Gasteiger partial charge is 0.478 e. The summed E-state index contributed by atoms with van der Waals surface area (Å²) in [6.45, 7) is 2.12. The number of methoxy groups -OCH3 is 1. The van der Waals surface area contributed by atoms with E-state index in [2.05, 4.69) is 6.92 Å². The topological polar surface area (TPSA) is 65.0 Å². The van der Waals surface area contributed by atoms with E-state index in [4.69, 9.17) is 14.2 Å². The highest BCUT2D eigenvalue weighted by Gasteiger charge is 2.10. The van der Waals surface area contributed by atoms with Gasteiger partial charge in [0.25, 0.3) is 0 Å². The molecular weight excluding hydrogens is 316 g/mol. The molecule has 0 spiro atoms. The van der Waals surface area contributed by atoms with Crippen molar-refractivity contribution in [2.45, 2.75) is 11.8 Å². The van der Waals surface area contributed by atoms with E-state index in [0.717, 1.165) is 10.6 Å². The fraction of sp³-hybridized carbons (Fsp3) is 0.235. The van der Waals surface area contributed by atoms with Gasteiger partial charge in [0.15, 0.2) is 6.79 Å². The third kappa shape index (κ3) is 5.19. The Kier molecular flexibility index (Phi) is 6.31. The number of carboxylic acid groups (broad SMARTS) is 1. The minimum atomic E-state index is -1.05. The van der Waals surface area contributed by atoms with Gasteiger partial charge in [-0.15, -0.1) is 11.8 Å². The van der Waals surface area contributed by atoms with E-state index in [9.17, 15) is 9.90 Å². The molecule has 5 nitrogen and oxygen atoms in total. The summed E-state index contributed by atoms with van der Waals surface area (Å²) in [6.07, 6.45) is 0. The molecule has 2 rings (SSSR count). The fourth-order valence-corrected chi connectivity index (χ4v) is 2.53. The van der Waals surface area contributed by atoms with Gasteiger partial charge in [0.2, 0.25) is 0 Å². The van der Waals surface area contributed by atoms with Crippen molar-refractivity contribution in [1.82, 2.24) is 0 Å². The van der Waals surface area contributed by atoms with Crippen molar-refractivity contribution in [2.75, 3.05) is 19.7 Å². The first-order valence-electron chi connectivity index (χ1n) is 7.03. The van der Waals surface area contributed by atoms with E-state index in [-0.39, 0.29) is 12.4 Å². The summed E-state index contributed by atoms with van der Waals surface area (Å²) in [7, 11) is 1.49. The number of rotatable bonds is 8. The van der Waals surface area contributed by atoms with Crippen LogP contribution in [0.25, 0.3) is 0 Å². The summed E-state index contributed by atoms with van der Waals surface area (Å²) >= 11 is 1.74. The molecule has 0 radical (unpaired) electrons. The predicted octanol–water partition coefficient (Wildman–Crippen LogP) is 4.27. The van der Waals surface area contributed by atoms with Crippen LogP contribution in [0.2, 0.25) is 0 Å². The zero-order chi connectivity index (χ0) is 16.7. The summed E-state index contributed by atoms with van der Waals surface area (Å²) in [5.74, 6) is 1.35. The van der Waals surface area contributed by atoms with Crippen LogP contribution < -0.4 is 9.47 Å². The van der Waals surface area contributed by atoms with Crippen LogP contribution in [0, 0.1) is 0 Å². The molecule has 0 aliphatic rings. The minimum Gasteiger partial charge on any atom is -0.478 e. The average Bonchev–Trinajstić information content (AvgIpc) is 2.55. The number of ether oxygens (including phenoxy) is 3. The molecule has 2 aromatic rings. The Balaban J connectivity index is 2.19. The van der Waals surface area contributed by atoms with Crippen LogP contribution in [0.4, 0.5) is 0 Å². The maximum Gasteiger partial charge on any atom is 0.335 e. The lowest BCUT2D eigenvalue weighted by Crippen LogP contribution is -2.02. The van der Waals surface area contributed by atoms with Crippen molar-refractivity contribution in [3.8, 4) is 17.2 Å². The zero-order valence-corrected chi connectivity index (χ0v) is 13.8. The van der Waals surface area contributed by atoms with Crippen LogP contribution in [0.1, 0.15) is 17.3 Å².